The number of carbonyl (C=O) groups is 2. The molecule has 2 aromatic carbocycles. The maximum atomic E-state index is 14.7. The molecule has 162 valence electrons. The van der Waals surface area contributed by atoms with Gasteiger partial charge in [-0.05, 0) is 29.8 Å². The quantitative estimate of drug-likeness (QED) is 0.321. The molecule has 8 nitrogen and oxygen atoms in total. The number of carboxylic acids is 1. The number of halogens is 1. The molecule has 32 heavy (non-hydrogen) atoms. The molecule has 2 aromatic heterocycles. The van der Waals surface area contributed by atoms with E-state index >= 15 is 0 Å². The topological polar surface area (TPSA) is 130 Å². The Morgan fingerprint density at radius 1 is 1.12 bits per heavy atom. The highest BCUT2D eigenvalue weighted by molar-refractivity contribution is 7.16. The van der Waals surface area contributed by atoms with Crippen molar-refractivity contribution in [2.24, 2.45) is 5.73 Å². The number of amides is 1. The molecule has 10 heteroatoms. The lowest BCUT2D eigenvalue weighted by Crippen LogP contribution is -2.32. The number of aromatic nitrogens is 2. The Labute approximate surface area is 185 Å². The molecule has 0 radical (unpaired) electrons. The fourth-order valence-corrected chi connectivity index (χ4v) is 3.87. The molecule has 4 rings (SSSR count). The molecule has 2 heterocycles. The minimum Gasteiger partial charge on any atom is -0.480 e. The summed E-state index contributed by atoms with van der Waals surface area (Å²) >= 11 is 1.44. The molecule has 0 aliphatic rings. The van der Waals surface area contributed by atoms with Crippen LogP contribution in [0.25, 0.3) is 10.2 Å². The molecule has 5 N–H and O–H groups in total. The van der Waals surface area contributed by atoms with Crippen molar-refractivity contribution in [3.63, 3.8) is 0 Å². The minimum absolute atomic E-state index is 0.00844. The van der Waals surface area contributed by atoms with Crippen molar-refractivity contribution in [3.8, 4) is 0 Å². The predicted octanol–water partition coefficient (Wildman–Crippen LogP) is 3.78. The lowest BCUT2D eigenvalue weighted by atomic mass is 10.1. The fraction of sp³-hybridized carbons (Fsp3) is 0.0909. The lowest BCUT2D eigenvalue weighted by Gasteiger charge is -2.18. The molecule has 0 saturated carbocycles. The summed E-state index contributed by atoms with van der Waals surface area (Å²) in [5, 5.41) is 15.2. The van der Waals surface area contributed by atoms with E-state index < -0.39 is 23.7 Å². The third-order valence-electron chi connectivity index (χ3n) is 4.73. The van der Waals surface area contributed by atoms with Crippen molar-refractivity contribution in [2.75, 3.05) is 10.6 Å². The van der Waals surface area contributed by atoms with E-state index in [1.165, 1.54) is 11.3 Å². The summed E-state index contributed by atoms with van der Waals surface area (Å²) in [6.45, 7) is 0. The van der Waals surface area contributed by atoms with Crippen LogP contribution >= 0.6 is 11.3 Å². The Hall–Kier alpha value is -4.05. The number of hydrogen-bond donors (Lipinski definition) is 4. The second-order valence-electron chi connectivity index (χ2n) is 6.96. The number of fused-ring (bicyclic) bond motifs is 1. The number of benzene rings is 2. The number of rotatable bonds is 8. The van der Waals surface area contributed by atoms with Gasteiger partial charge in [-0.25, -0.2) is 19.2 Å². The van der Waals surface area contributed by atoms with E-state index in [4.69, 9.17) is 5.73 Å². The number of anilines is 3. The summed E-state index contributed by atoms with van der Waals surface area (Å²) in [4.78, 5) is 32.0. The summed E-state index contributed by atoms with van der Waals surface area (Å²) < 4.78 is 15.6. The Morgan fingerprint density at radius 2 is 1.91 bits per heavy atom. The highest BCUT2D eigenvalue weighted by Gasteiger charge is 2.23. The highest BCUT2D eigenvalue weighted by atomic mass is 32.1. The van der Waals surface area contributed by atoms with Crippen LogP contribution in [0.1, 0.15) is 15.9 Å². The largest absolute Gasteiger partial charge is 0.480 e. The summed E-state index contributed by atoms with van der Waals surface area (Å²) in [6, 6.07) is 14.1. The van der Waals surface area contributed by atoms with Crippen LogP contribution in [0.2, 0.25) is 0 Å². The lowest BCUT2D eigenvalue weighted by molar-refractivity contribution is -0.137. The molecule has 0 bridgehead atoms. The number of hydrogen-bond acceptors (Lipinski definition) is 7. The van der Waals surface area contributed by atoms with Crippen molar-refractivity contribution in [3.05, 3.63) is 77.1 Å². The van der Waals surface area contributed by atoms with Crippen LogP contribution in [0.5, 0.6) is 0 Å². The molecule has 4 aromatic rings. The number of nitrogens with one attached hydrogen (secondary N) is 2. The van der Waals surface area contributed by atoms with Gasteiger partial charge in [0.25, 0.3) is 5.91 Å². The molecule has 1 amide bonds. The van der Waals surface area contributed by atoms with Crippen LogP contribution in [0.4, 0.5) is 21.7 Å². The average molecular weight is 451 g/mol. The van der Waals surface area contributed by atoms with Gasteiger partial charge in [0, 0.05) is 12.1 Å². The van der Waals surface area contributed by atoms with Gasteiger partial charge in [0.2, 0.25) is 0 Å². The number of aliphatic carboxylic acids is 1. The molecule has 0 aliphatic heterocycles. The first kappa shape index (κ1) is 21.2. The SMILES string of the molecule is NC(=O)c1cc(F)c(NC(Cc2ccccc2)C(=O)O)nc1Nc1ccc2ncsc2c1. The van der Waals surface area contributed by atoms with Crippen LogP contribution in [-0.2, 0) is 11.2 Å². The molecule has 0 spiro atoms. The van der Waals surface area contributed by atoms with E-state index in [1.54, 1.807) is 41.9 Å². The summed E-state index contributed by atoms with van der Waals surface area (Å²) in [7, 11) is 0. The van der Waals surface area contributed by atoms with Gasteiger partial charge in [-0.1, -0.05) is 30.3 Å². The normalized spacial score (nSPS) is 11.8. The maximum Gasteiger partial charge on any atom is 0.326 e. The third-order valence-corrected chi connectivity index (χ3v) is 5.52. The van der Waals surface area contributed by atoms with Crippen molar-refractivity contribution in [2.45, 2.75) is 12.5 Å². The zero-order valence-corrected chi connectivity index (χ0v) is 17.4. The fourth-order valence-electron chi connectivity index (χ4n) is 3.16. The van der Waals surface area contributed by atoms with E-state index in [9.17, 15) is 19.1 Å². The van der Waals surface area contributed by atoms with E-state index in [-0.39, 0.29) is 23.6 Å². The second-order valence-corrected chi connectivity index (χ2v) is 7.85. The van der Waals surface area contributed by atoms with Crippen molar-refractivity contribution in [1.82, 2.24) is 9.97 Å². The van der Waals surface area contributed by atoms with E-state index in [0.29, 0.717) is 5.69 Å². The third kappa shape index (κ3) is 4.65. The number of carbonyl (C=O) groups excluding carboxylic acids is 1. The number of carboxylic acid groups (broad SMARTS) is 1. The summed E-state index contributed by atoms with van der Waals surface area (Å²) in [5.41, 5.74) is 9.12. The first-order valence-corrected chi connectivity index (χ1v) is 10.4. The number of thiazole rings is 1. The first-order valence-electron chi connectivity index (χ1n) is 9.54. The minimum atomic E-state index is -1.17. The van der Waals surface area contributed by atoms with Gasteiger partial charge in [0.1, 0.15) is 11.9 Å². The standard InChI is InChI=1S/C22H18FN5O3S/c23-15-10-14(19(24)29)20(26-13-6-7-16-18(9-13)32-11-25-16)28-21(15)27-17(22(30)31)8-12-4-2-1-3-5-12/h1-7,9-11,17H,8H2,(H2,24,29)(H,30,31)(H2,26,27,28). The Kier molecular flexibility index (Phi) is 5.95. The first-order chi connectivity index (χ1) is 15.4. The molecule has 0 saturated heterocycles. The van der Waals surface area contributed by atoms with Gasteiger partial charge in [-0.2, -0.15) is 0 Å². The molecular weight excluding hydrogens is 433 g/mol. The number of pyridine rings is 1. The zero-order chi connectivity index (χ0) is 22.7. The number of nitrogens with two attached hydrogens (primary N) is 1. The molecule has 1 atom stereocenters. The van der Waals surface area contributed by atoms with Crippen molar-refractivity contribution < 1.29 is 19.1 Å². The van der Waals surface area contributed by atoms with Gasteiger partial charge >= 0.3 is 5.97 Å². The highest BCUT2D eigenvalue weighted by Crippen LogP contribution is 2.27. The number of nitrogens with zero attached hydrogens (tertiary/aromatic N) is 2. The number of primary amides is 1. The molecular formula is C22H18FN5O3S. The van der Waals surface area contributed by atoms with E-state index in [0.717, 1.165) is 21.8 Å². The smallest absolute Gasteiger partial charge is 0.326 e. The average Bonchev–Trinajstić information content (AvgIpc) is 3.23. The second kappa shape index (κ2) is 8.98. The Bertz CT molecular complexity index is 1300. The van der Waals surface area contributed by atoms with Crippen molar-refractivity contribution >= 4 is 50.8 Å². The van der Waals surface area contributed by atoms with Crippen LogP contribution in [0.3, 0.4) is 0 Å². The zero-order valence-electron chi connectivity index (χ0n) is 16.6. The predicted molar refractivity (Wildman–Crippen MR) is 121 cm³/mol. The molecule has 0 aliphatic carbocycles. The van der Waals surface area contributed by atoms with Gasteiger partial charge in [-0.15, -0.1) is 11.3 Å². The summed E-state index contributed by atoms with van der Waals surface area (Å²) in [6.07, 6.45) is 0.111. The van der Waals surface area contributed by atoms with Gasteiger partial charge < -0.3 is 21.5 Å². The Balaban J connectivity index is 1.66. The van der Waals surface area contributed by atoms with Crippen LogP contribution in [0, 0.1) is 5.82 Å². The van der Waals surface area contributed by atoms with Crippen LogP contribution < -0.4 is 16.4 Å². The van der Waals surface area contributed by atoms with Gasteiger partial charge in [0.05, 0.1) is 21.3 Å². The summed E-state index contributed by atoms with van der Waals surface area (Å²) in [5.74, 6) is -3.22. The van der Waals surface area contributed by atoms with Crippen LogP contribution in [0.15, 0.2) is 60.1 Å². The Morgan fingerprint density at radius 3 is 2.62 bits per heavy atom. The molecule has 1 unspecified atom stereocenters. The van der Waals surface area contributed by atoms with Crippen molar-refractivity contribution in [1.29, 1.82) is 0 Å². The van der Waals surface area contributed by atoms with E-state index in [1.807, 2.05) is 12.1 Å². The molecule has 0 fully saturated rings. The van der Waals surface area contributed by atoms with Gasteiger partial charge in [-0.3, -0.25) is 4.79 Å². The maximum absolute atomic E-state index is 14.7. The van der Waals surface area contributed by atoms with Gasteiger partial charge in [0.15, 0.2) is 11.6 Å². The van der Waals surface area contributed by atoms with Crippen LogP contribution in [-0.4, -0.2) is 33.0 Å². The van der Waals surface area contributed by atoms with E-state index in [2.05, 4.69) is 20.6 Å². The monoisotopic (exact) mass is 451 g/mol.